The van der Waals surface area contributed by atoms with E-state index >= 15 is 0 Å². The number of benzene rings is 1. The Balaban J connectivity index is 1.57. The molecule has 0 aliphatic carbocycles. The van der Waals surface area contributed by atoms with Crippen molar-refractivity contribution < 1.29 is 19.0 Å². The molecule has 2 heterocycles. The molecule has 3 atom stereocenters. The molecule has 1 fully saturated rings. The van der Waals surface area contributed by atoms with Crippen LogP contribution in [0.2, 0.25) is 0 Å². The van der Waals surface area contributed by atoms with Crippen molar-refractivity contribution in [3.63, 3.8) is 0 Å². The first-order chi connectivity index (χ1) is 12.8. The second-order valence-electron chi connectivity index (χ2n) is 7.29. The first-order valence-corrected chi connectivity index (χ1v) is 11.2. The van der Waals surface area contributed by atoms with Crippen molar-refractivity contribution in [1.29, 1.82) is 0 Å². The number of hydrogen-bond acceptors (Lipinski definition) is 7. The van der Waals surface area contributed by atoms with E-state index in [1.54, 1.807) is 23.1 Å². The van der Waals surface area contributed by atoms with Crippen molar-refractivity contribution in [2.75, 3.05) is 5.75 Å². The summed E-state index contributed by atoms with van der Waals surface area (Å²) in [6, 6.07) is 8.15. The van der Waals surface area contributed by atoms with Gasteiger partial charge in [-0.15, -0.1) is 11.3 Å². The van der Waals surface area contributed by atoms with Gasteiger partial charge in [0.2, 0.25) is 0 Å². The lowest BCUT2D eigenvalue weighted by molar-refractivity contribution is -0.295. The fourth-order valence-electron chi connectivity index (χ4n) is 3.07. The highest BCUT2D eigenvalue weighted by atomic mass is 32.2. The molecule has 148 valence electrons. The van der Waals surface area contributed by atoms with Crippen LogP contribution in [0.5, 0.6) is 0 Å². The smallest absolute Gasteiger partial charge is 0.308 e. The molecule has 0 radical (unpaired) electrons. The van der Waals surface area contributed by atoms with E-state index in [9.17, 15) is 4.79 Å². The van der Waals surface area contributed by atoms with Crippen LogP contribution in [0.3, 0.4) is 0 Å². The summed E-state index contributed by atoms with van der Waals surface area (Å²) in [4.78, 5) is 16.8. The number of fused-ring (bicyclic) bond motifs is 1. The molecule has 0 N–H and O–H groups in total. The van der Waals surface area contributed by atoms with Gasteiger partial charge < -0.3 is 14.2 Å². The Morgan fingerprint density at radius 3 is 2.85 bits per heavy atom. The Labute approximate surface area is 168 Å². The zero-order valence-corrected chi connectivity index (χ0v) is 17.9. The van der Waals surface area contributed by atoms with Crippen molar-refractivity contribution in [2.45, 2.75) is 75.4 Å². The van der Waals surface area contributed by atoms with Crippen LogP contribution >= 0.6 is 23.1 Å². The van der Waals surface area contributed by atoms with Gasteiger partial charge in [-0.05, 0) is 39.3 Å². The van der Waals surface area contributed by atoms with Crippen LogP contribution in [-0.2, 0) is 19.0 Å². The van der Waals surface area contributed by atoms with Gasteiger partial charge in [-0.1, -0.05) is 30.8 Å². The summed E-state index contributed by atoms with van der Waals surface area (Å²) in [6.07, 6.45) is 1.51. The first kappa shape index (κ1) is 20.6. The molecular formula is C20H27NO4S2. The molecule has 27 heavy (non-hydrogen) atoms. The van der Waals surface area contributed by atoms with Gasteiger partial charge in [0.1, 0.15) is 0 Å². The number of nitrogens with zero attached hydrogens (tertiary/aromatic N) is 1. The van der Waals surface area contributed by atoms with Crippen LogP contribution in [0.4, 0.5) is 0 Å². The number of aromatic nitrogens is 1. The highest BCUT2D eigenvalue weighted by molar-refractivity contribution is 8.01. The van der Waals surface area contributed by atoms with E-state index in [2.05, 4.69) is 11.1 Å². The summed E-state index contributed by atoms with van der Waals surface area (Å²) in [5.74, 6) is -0.133. The Morgan fingerprint density at radius 1 is 1.37 bits per heavy atom. The summed E-state index contributed by atoms with van der Waals surface area (Å²) in [5.41, 5.74) is 1.03. The number of thiazole rings is 1. The number of para-hydroxylation sites is 1. The van der Waals surface area contributed by atoms with E-state index in [1.165, 1.54) is 4.70 Å². The Hall–Kier alpha value is -1.15. The number of hydrogen-bond donors (Lipinski definition) is 0. The highest BCUT2D eigenvalue weighted by Gasteiger charge is 2.36. The number of carbonyl (C=O) groups is 1. The number of ether oxygens (including phenoxy) is 3. The lowest BCUT2D eigenvalue weighted by Gasteiger charge is -2.40. The fraction of sp³-hybridized carbons (Fsp3) is 0.600. The van der Waals surface area contributed by atoms with Gasteiger partial charge in [-0.2, -0.15) is 0 Å². The fourth-order valence-corrected chi connectivity index (χ4v) is 5.17. The van der Waals surface area contributed by atoms with Gasteiger partial charge in [-0.3, -0.25) is 4.79 Å². The van der Waals surface area contributed by atoms with Gasteiger partial charge in [-0.25, -0.2) is 4.98 Å². The molecule has 0 bridgehead atoms. The summed E-state index contributed by atoms with van der Waals surface area (Å²) in [6.45, 7) is 7.70. The molecule has 7 heteroatoms. The standard InChI is InChI=1S/C20H27NO4S2/c1-5-13(2)23-18(22)11-14-10-15(25-20(3,4)24-14)12-26-19-21-16-8-6-7-9-17(16)27-19/h6-9,13-15H,5,10-12H2,1-4H3. The minimum atomic E-state index is -0.710. The third-order valence-electron chi connectivity index (χ3n) is 4.40. The molecule has 1 aliphatic rings. The number of rotatable bonds is 7. The Bertz CT molecular complexity index is 743. The molecular weight excluding hydrogens is 382 g/mol. The van der Waals surface area contributed by atoms with E-state index in [4.69, 9.17) is 14.2 Å². The third kappa shape index (κ3) is 5.91. The van der Waals surface area contributed by atoms with Crippen LogP contribution in [0.25, 0.3) is 10.2 Å². The van der Waals surface area contributed by atoms with Gasteiger partial charge in [0.05, 0.1) is 34.9 Å². The maximum atomic E-state index is 12.1. The molecule has 0 spiro atoms. The molecule has 0 amide bonds. The lowest BCUT2D eigenvalue weighted by Crippen LogP contribution is -2.46. The highest BCUT2D eigenvalue weighted by Crippen LogP contribution is 2.34. The lowest BCUT2D eigenvalue weighted by atomic mass is 10.1. The SMILES string of the molecule is CCC(C)OC(=O)CC1CC(CSc2nc3ccccc3s2)OC(C)(C)O1. The molecule has 3 unspecified atom stereocenters. The van der Waals surface area contributed by atoms with Crippen LogP contribution in [-0.4, -0.2) is 40.8 Å². The van der Waals surface area contributed by atoms with Crippen LogP contribution < -0.4 is 0 Å². The second kappa shape index (κ2) is 8.90. The zero-order valence-electron chi connectivity index (χ0n) is 16.3. The summed E-state index contributed by atoms with van der Waals surface area (Å²) < 4.78 is 19.6. The second-order valence-corrected chi connectivity index (χ2v) is 9.58. The van der Waals surface area contributed by atoms with Gasteiger partial charge in [0, 0.05) is 12.2 Å². The minimum absolute atomic E-state index is 0.00663. The van der Waals surface area contributed by atoms with Crippen LogP contribution in [0.15, 0.2) is 28.6 Å². The normalized spacial score (nSPS) is 23.3. The molecule has 2 aromatic rings. The molecule has 1 aromatic carbocycles. The minimum Gasteiger partial charge on any atom is -0.463 e. The van der Waals surface area contributed by atoms with Crippen molar-refractivity contribution in [3.8, 4) is 0 Å². The Kier molecular flexibility index (Phi) is 6.78. The van der Waals surface area contributed by atoms with E-state index in [0.717, 1.165) is 22.0 Å². The maximum Gasteiger partial charge on any atom is 0.308 e. The molecule has 1 aromatic heterocycles. The predicted molar refractivity (Wildman–Crippen MR) is 109 cm³/mol. The van der Waals surface area contributed by atoms with Crippen molar-refractivity contribution >= 4 is 39.3 Å². The van der Waals surface area contributed by atoms with Gasteiger partial charge in [0.25, 0.3) is 0 Å². The number of esters is 1. The van der Waals surface area contributed by atoms with Gasteiger partial charge in [0.15, 0.2) is 10.1 Å². The van der Waals surface area contributed by atoms with Crippen molar-refractivity contribution in [3.05, 3.63) is 24.3 Å². The molecule has 1 saturated heterocycles. The van der Waals surface area contributed by atoms with E-state index in [1.807, 2.05) is 45.9 Å². The topological polar surface area (TPSA) is 57.7 Å². The molecule has 5 nitrogen and oxygen atoms in total. The quantitative estimate of drug-likeness (QED) is 0.472. The summed E-state index contributed by atoms with van der Waals surface area (Å²) in [5, 5.41) is 0. The first-order valence-electron chi connectivity index (χ1n) is 9.38. The number of carbonyl (C=O) groups excluding carboxylic acids is 1. The molecule has 1 aliphatic heterocycles. The van der Waals surface area contributed by atoms with E-state index in [0.29, 0.717) is 6.42 Å². The molecule has 0 saturated carbocycles. The van der Waals surface area contributed by atoms with Crippen LogP contribution in [0.1, 0.15) is 47.0 Å². The summed E-state index contributed by atoms with van der Waals surface area (Å²) >= 11 is 3.40. The van der Waals surface area contributed by atoms with Crippen molar-refractivity contribution in [2.24, 2.45) is 0 Å². The maximum absolute atomic E-state index is 12.1. The zero-order chi connectivity index (χ0) is 19.4. The van der Waals surface area contributed by atoms with E-state index < -0.39 is 5.79 Å². The van der Waals surface area contributed by atoms with E-state index in [-0.39, 0.29) is 30.7 Å². The average Bonchev–Trinajstić information content (AvgIpc) is 3.01. The third-order valence-corrected chi connectivity index (χ3v) is 6.71. The van der Waals surface area contributed by atoms with Gasteiger partial charge >= 0.3 is 5.97 Å². The molecule has 3 rings (SSSR count). The predicted octanol–water partition coefficient (Wildman–Crippen LogP) is 5.03. The Morgan fingerprint density at radius 2 is 2.11 bits per heavy atom. The average molecular weight is 410 g/mol. The number of thioether (sulfide) groups is 1. The largest absolute Gasteiger partial charge is 0.463 e. The monoisotopic (exact) mass is 409 g/mol. The van der Waals surface area contributed by atoms with Crippen molar-refractivity contribution in [1.82, 2.24) is 4.98 Å². The van der Waals surface area contributed by atoms with Crippen LogP contribution in [0, 0.1) is 0 Å². The summed E-state index contributed by atoms with van der Waals surface area (Å²) in [7, 11) is 0.